The molecule has 3 N–H and O–H groups in total. The molecule has 2 aromatic carbocycles. The van der Waals surface area contributed by atoms with Gasteiger partial charge in [0.25, 0.3) is 0 Å². The smallest absolute Gasteiger partial charge is 0.217 e. The lowest BCUT2D eigenvalue weighted by Gasteiger charge is -2.26. The van der Waals surface area contributed by atoms with Crippen LogP contribution in [0.3, 0.4) is 0 Å². The molecule has 0 spiro atoms. The minimum atomic E-state index is -4.83. The summed E-state index contributed by atoms with van der Waals surface area (Å²) < 4.78 is 103. The highest BCUT2D eigenvalue weighted by atomic mass is 32.2. The third-order valence-electron chi connectivity index (χ3n) is 7.68. The van der Waals surface area contributed by atoms with Crippen LogP contribution >= 0.6 is 11.8 Å². The van der Waals surface area contributed by atoms with E-state index in [1.165, 1.54) is 14.0 Å². The number of anilines is 3. The third kappa shape index (κ3) is 6.63. The molecule has 2 aromatic heterocycles. The van der Waals surface area contributed by atoms with Crippen molar-refractivity contribution >= 4 is 45.0 Å². The van der Waals surface area contributed by atoms with Gasteiger partial charge in [0.15, 0.2) is 55.7 Å². The largest absolute Gasteiger partial charge is 0.490 e. The molecule has 5 rings (SSSR count). The van der Waals surface area contributed by atoms with E-state index >= 15 is 4.39 Å². The maximum atomic E-state index is 15.6. The van der Waals surface area contributed by atoms with E-state index in [2.05, 4.69) is 30.8 Å². The fourth-order valence-electron chi connectivity index (χ4n) is 5.27. The van der Waals surface area contributed by atoms with Gasteiger partial charge in [0.1, 0.15) is 10.6 Å². The second-order valence-corrected chi connectivity index (χ2v) is 15.0. The van der Waals surface area contributed by atoms with E-state index in [0.29, 0.717) is 37.2 Å². The molecule has 256 valence electrons. The third-order valence-corrected chi connectivity index (χ3v) is 11.0. The van der Waals surface area contributed by atoms with Crippen molar-refractivity contribution in [1.82, 2.24) is 25.5 Å². The summed E-state index contributed by atoms with van der Waals surface area (Å²) in [4.78, 5) is 21.8. The molecule has 0 radical (unpaired) electrons. The number of halogens is 5. The van der Waals surface area contributed by atoms with Crippen molar-refractivity contribution in [2.24, 2.45) is 0 Å². The van der Waals surface area contributed by atoms with Gasteiger partial charge in [-0.2, -0.15) is 5.10 Å². The first-order valence-electron chi connectivity index (χ1n) is 14.4. The Morgan fingerprint density at radius 1 is 1.06 bits per heavy atom. The summed E-state index contributed by atoms with van der Waals surface area (Å²) in [5.41, 5.74) is -0.598. The Labute approximate surface area is 276 Å². The molecule has 0 saturated carbocycles. The molecule has 1 aliphatic heterocycles. The summed E-state index contributed by atoms with van der Waals surface area (Å²) in [5.74, 6) is -7.37. The first-order valence-corrected chi connectivity index (χ1v) is 16.7. The first kappa shape index (κ1) is 34.9. The van der Waals surface area contributed by atoms with Crippen LogP contribution in [0.4, 0.5) is 39.4 Å². The number of hydrogen-bond donors (Lipinski definition) is 3. The number of amides is 1. The SMILES string of the molecule is COc1c(Nc2cc(C)[nH]n2)nc(Sc2ccc(S(=O)(=O)C(C)(C)c3c(F)c(F)cc(F)c3F)cc2F)nc1N1CCC(NC(C)=O)C1. The molecule has 18 heteroatoms. The number of carbonyl (C=O) groups excluding carboxylic acids is 1. The summed E-state index contributed by atoms with van der Waals surface area (Å²) in [5, 5.41) is 12.9. The Bertz CT molecular complexity index is 1980. The van der Waals surface area contributed by atoms with Crippen molar-refractivity contribution in [2.45, 2.75) is 59.9 Å². The molecule has 1 aliphatic rings. The predicted molar refractivity (Wildman–Crippen MR) is 167 cm³/mol. The van der Waals surface area contributed by atoms with Crippen LogP contribution in [0.1, 0.15) is 38.4 Å². The molecule has 4 aromatic rings. The fourth-order valence-corrected chi connectivity index (χ4v) is 7.57. The van der Waals surface area contributed by atoms with E-state index in [0.717, 1.165) is 43.4 Å². The Hall–Kier alpha value is -4.45. The lowest BCUT2D eigenvalue weighted by atomic mass is 10.0. The zero-order chi connectivity index (χ0) is 35.1. The number of carbonyl (C=O) groups is 1. The van der Waals surface area contributed by atoms with Crippen LogP contribution < -0.4 is 20.3 Å². The van der Waals surface area contributed by atoms with Crippen molar-refractivity contribution in [3.8, 4) is 5.75 Å². The number of aromatic nitrogens is 4. The minimum Gasteiger partial charge on any atom is -0.490 e. The van der Waals surface area contributed by atoms with Crippen LogP contribution in [0, 0.1) is 36.0 Å². The molecule has 1 saturated heterocycles. The van der Waals surface area contributed by atoms with Crippen LogP contribution in [0.2, 0.25) is 0 Å². The number of methoxy groups -OCH3 is 1. The maximum Gasteiger partial charge on any atom is 0.217 e. The van der Waals surface area contributed by atoms with Crippen molar-refractivity contribution in [1.29, 1.82) is 0 Å². The Kier molecular flexibility index (Phi) is 9.60. The molecule has 11 nitrogen and oxygen atoms in total. The van der Waals surface area contributed by atoms with Crippen molar-refractivity contribution < 1.29 is 39.9 Å². The topological polar surface area (TPSA) is 142 Å². The number of aryl methyl sites for hydroxylation is 1. The van der Waals surface area contributed by atoms with Crippen LogP contribution in [0.5, 0.6) is 5.75 Å². The van der Waals surface area contributed by atoms with E-state index in [1.807, 2.05) is 4.90 Å². The zero-order valence-corrected chi connectivity index (χ0v) is 27.8. The molecule has 48 heavy (non-hydrogen) atoms. The van der Waals surface area contributed by atoms with Gasteiger partial charge in [0.05, 0.1) is 22.5 Å². The maximum absolute atomic E-state index is 15.6. The summed E-state index contributed by atoms with van der Waals surface area (Å²) >= 11 is 0.748. The van der Waals surface area contributed by atoms with E-state index in [9.17, 15) is 30.8 Å². The zero-order valence-electron chi connectivity index (χ0n) is 26.2. The average Bonchev–Trinajstić information content (AvgIpc) is 3.64. The highest BCUT2D eigenvalue weighted by Crippen LogP contribution is 2.42. The van der Waals surface area contributed by atoms with Gasteiger partial charge in [-0.15, -0.1) is 0 Å². The molecule has 0 bridgehead atoms. The van der Waals surface area contributed by atoms with Crippen LogP contribution in [0.15, 0.2) is 45.3 Å². The highest BCUT2D eigenvalue weighted by molar-refractivity contribution is 7.99. The molecule has 1 fully saturated rings. The Morgan fingerprint density at radius 3 is 2.33 bits per heavy atom. The quantitative estimate of drug-likeness (QED) is 0.109. The molecule has 1 unspecified atom stereocenters. The summed E-state index contributed by atoms with van der Waals surface area (Å²) in [6, 6.07) is 4.28. The van der Waals surface area contributed by atoms with Crippen LogP contribution in [-0.4, -0.2) is 60.7 Å². The van der Waals surface area contributed by atoms with Gasteiger partial charge in [-0.3, -0.25) is 9.89 Å². The molecular formula is C30H30F5N7O4S2. The van der Waals surface area contributed by atoms with E-state index in [1.54, 1.807) is 13.0 Å². The van der Waals surface area contributed by atoms with Gasteiger partial charge in [0.2, 0.25) is 11.7 Å². The predicted octanol–water partition coefficient (Wildman–Crippen LogP) is 5.53. The van der Waals surface area contributed by atoms with Gasteiger partial charge in [-0.05, 0) is 57.2 Å². The molecule has 1 amide bonds. The van der Waals surface area contributed by atoms with Gasteiger partial charge < -0.3 is 20.3 Å². The summed E-state index contributed by atoms with van der Waals surface area (Å²) in [7, 11) is -3.40. The molecule has 0 aliphatic carbocycles. The number of aromatic amines is 1. The Morgan fingerprint density at radius 2 is 1.75 bits per heavy atom. The minimum absolute atomic E-state index is 0.0257. The number of nitrogens with zero attached hydrogens (tertiary/aromatic N) is 4. The fraction of sp³-hybridized carbons (Fsp3) is 0.333. The average molecular weight is 712 g/mol. The number of ether oxygens (including phenoxy) is 1. The van der Waals surface area contributed by atoms with Gasteiger partial charge in [-0.1, -0.05) is 0 Å². The second kappa shape index (κ2) is 13.2. The first-order chi connectivity index (χ1) is 22.5. The van der Waals surface area contributed by atoms with E-state index in [4.69, 9.17) is 4.74 Å². The molecule has 3 heterocycles. The lowest BCUT2D eigenvalue weighted by Crippen LogP contribution is -2.35. The number of rotatable bonds is 10. The number of hydrogen-bond acceptors (Lipinski definition) is 10. The van der Waals surface area contributed by atoms with E-state index < -0.39 is 54.1 Å². The van der Waals surface area contributed by atoms with Crippen LogP contribution in [0.25, 0.3) is 0 Å². The second-order valence-electron chi connectivity index (χ2n) is 11.5. The summed E-state index contributed by atoms with van der Waals surface area (Å²) in [6.07, 6.45) is 0.619. The highest BCUT2D eigenvalue weighted by Gasteiger charge is 2.44. The van der Waals surface area contributed by atoms with Gasteiger partial charge in [-0.25, -0.2) is 40.3 Å². The van der Waals surface area contributed by atoms with E-state index in [-0.39, 0.29) is 39.6 Å². The van der Waals surface area contributed by atoms with Crippen molar-refractivity contribution in [3.05, 3.63) is 70.7 Å². The number of sulfone groups is 1. The van der Waals surface area contributed by atoms with Crippen LogP contribution in [-0.2, 0) is 19.4 Å². The van der Waals surface area contributed by atoms with Crippen molar-refractivity contribution in [3.63, 3.8) is 0 Å². The lowest BCUT2D eigenvalue weighted by molar-refractivity contribution is -0.119. The standard InChI is InChI=1S/C30H30F5N7O4S2/c1-14-10-22(41-40-14)37-27-26(46-5)28(42-9-8-16(13-42)36-15(2)43)39-29(38-27)47-21-7-6-17(11-18(21)31)48(44,45)30(3,4)23-24(34)19(32)12-20(33)25(23)35/h6-7,10-12,16H,8-9,13H2,1-5H3,(H,36,43)(H2,37,38,39,40,41). The molecule has 1 atom stereocenters. The summed E-state index contributed by atoms with van der Waals surface area (Å²) in [6.45, 7) is 5.83. The van der Waals surface area contributed by atoms with Crippen molar-refractivity contribution in [2.75, 3.05) is 30.4 Å². The number of benzene rings is 2. The van der Waals surface area contributed by atoms with Gasteiger partial charge in [0, 0.05) is 43.9 Å². The monoisotopic (exact) mass is 711 g/mol. The molecular weight excluding hydrogens is 681 g/mol. The normalized spacial score (nSPS) is 15.1. The number of H-pyrrole nitrogens is 1. The Balaban J connectivity index is 1.51. The number of nitrogens with one attached hydrogen (secondary N) is 3. The van der Waals surface area contributed by atoms with Gasteiger partial charge >= 0.3 is 0 Å².